The lowest BCUT2D eigenvalue weighted by Crippen LogP contribution is -2.43. The van der Waals surface area contributed by atoms with Gasteiger partial charge < -0.3 is 10.0 Å². The van der Waals surface area contributed by atoms with Gasteiger partial charge in [-0.05, 0) is 41.2 Å². The van der Waals surface area contributed by atoms with Crippen molar-refractivity contribution in [3.63, 3.8) is 0 Å². The van der Waals surface area contributed by atoms with Crippen molar-refractivity contribution in [2.24, 2.45) is 0 Å². The van der Waals surface area contributed by atoms with Crippen LogP contribution in [0.15, 0.2) is 48.5 Å². The Labute approximate surface area is 145 Å². The average Bonchev–Trinajstić information content (AvgIpc) is 2.60. The summed E-state index contributed by atoms with van der Waals surface area (Å²) < 4.78 is 13.4. The minimum absolute atomic E-state index is 0.148. The molecule has 130 valence electrons. The fourth-order valence-corrected chi connectivity index (χ4v) is 3.41. The quantitative estimate of drug-likeness (QED) is 0.925. The lowest BCUT2D eigenvalue weighted by Gasteiger charge is -2.35. The van der Waals surface area contributed by atoms with Crippen LogP contribution in [0.2, 0.25) is 0 Å². The fraction of sp³-hybridized carbons (Fsp3) is 0.300. The number of aliphatic carboxylic acids is 1. The number of carbonyl (C=O) groups is 2. The molecular weight excluding hydrogens is 321 g/mol. The van der Waals surface area contributed by atoms with E-state index < -0.39 is 12.0 Å². The lowest BCUT2D eigenvalue weighted by atomic mass is 9.91. The van der Waals surface area contributed by atoms with Gasteiger partial charge in [-0.2, -0.15) is 0 Å². The van der Waals surface area contributed by atoms with Gasteiger partial charge in [0.1, 0.15) is 5.82 Å². The van der Waals surface area contributed by atoms with Crippen LogP contribution in [0.4, 0.5) is 4.39 Å². The minimum atomic E-state index is -1.03. The smallest absolute Gasteiger partial charge is 0.331 e. The SMILES string of the molecule is CC(CC(=O)N1CCc2ccccc2C1C(=O)O)c1cccc(F)c1. The number of rotatable bonds is 4. The number of carboxylic acids is 1. The summed E-state index contributed by atoms with van der Waals surface area (Å²) in [5.74, 6) is -1.78. The molecule has 1 N–H and O–H groups in total. The molecule has 2 aromatic rings. The Balaban J connectivity index is 1.80. The Hall–Kier alpha value is -2.69. The van der Waals surface area contributed by atoms with E-state index in [9.17, 15) is 19.1 Å². The largest absolute Gasteiger partial charge is 0.479 e. The average molecular weight is 341 g/mol. The van der Waals surface area contributed by atoms with E-state index in [1.54, 1.807) is 24.3 Å². The van der Waals surface area contributed by atoms with Crippen LogP contribution in [-0.2, 0) is 16.0 Å². The number of benzene rings is 2. The Bertz CT molecular complexity index is 805. The molecule has 5 heteroatoms. The Kier molecular flexibility index (Phi) is 4.83. The zero-order valence-corrected chi connectivity index (χ0v) is 14.0. The molecule has 0 radical (unpaired) electrons. The first-order chi connectivity index (χ1) is 12.0. The molecule has 0 aliphatic carbocycles. The molecule has 4 nitrogen and oxygen atoms in total. The molecule has 1 amide bonds. The molecule has 1 heterocycles. The minimum Gasteiger partial charge on any atom is -0.479 e. The molecule has 0 saturated heterocycles. The van der Waals surface area contributed by atoms with E-state index in [0.29, 0.717) is 18.5 Å². The van der Waals surface area contributed by atoms with Crippen LogP contribution >= 0.6 is 0 Å². The fourth-order valence-electron chi connectivity index (χ4n) is 3.41. The van der Waals surface area contributed by atoms with Gasteiger partial charge in [0.05, 0.1) is 0 Å². The number of fused-ring (bicyclic) bond motifs is 1. The highest BCUT2D eigenvalue weighted by Crippen LogP contribution is 2.32. The Morgan fingerprint density at radius 3 is 2.72 bits per heavy atom. The van der Waals surface area contributed by atoms with E-state index >= 15 is 0 Å². The molecule has 25 heavy (non-hydrogen) atoms. The third kappa shape index (κ3) is 3.55. The van der Waals surface area contributed by atoms with Crippen molar-refractivity contribution in [2.45, 2.75) is 31.7 Å². The normalized spacial score (nSPS) is 17.7. The maximum absolute atomic E-state index is 13.4. The van der Waals surface area contributed by atoms with Crippen LogP contribution in [0, 0.1) is 5.82 Å². The zero-order valence-electron chi connectivity index (χ0n) is 14.0. The number of nitrogens with zero attached hydrogens (tertiary/aromatic N) is 1. The van der Waals surface area contributed by atoms with Gasteiger partial charge in [0.25, 0.3) is 0 Å². The monoisotopic (exact) mass is 341 g/mol. The summed E-state index contributed by atoms with van der Waals surface area (Å²) in [7, 11) is 0. The van der Waals surface area contributed by atoms with Crippen molar-refractivity contribution in [1.82, 2.24) is 4.90 Å². The molecular formula is C20H20FNO3. The maximum Gasteiger partial charge on any atom is 0.331 e. The van der Waals surface area contributed by atoms with Crippen molar-refractivity contribution in [3.8, 4) is 0 Å². The first-order valence-electron chi connectivity index (χ1n) is 8.33. The van der Waals surface area contributed by atoms with Crippen molar-refractivity contribution in [1.29, 1.82) is 0 Å². The predicted octanol–water partition coefficient (Wildman–Crippen LogP) is 3.53. The highest BCUT2D eigenvalue weighted by atomic mass is 19.1. The number of carboxylic acid groups (broad SMARTS) is 1. The van der Waals surface area contributed by atoms with E-state index in [1.165, 1.54) is 17.0 Å². The molecule has 0 fully saturated rings. The highest BCUT2D eigenvalue weighted by molar-refractivity contribution is 5.86. The van der Waals surface area contributed by atoms with Crippen molar-refractivity contribution < 1.29 is 19.1 Å². The molecule has 3 rings (SSSR count). The lowest BCUT2D eigenvalue weighted by molar-refractivity contribution is -0.151. The molecule has 1 aliphatic rings. The first-order valence-corrected chi connectivity index (χ1v) is 8.33. The van der Waals surface area contributed by atoms with Crippen LogP contribution in [0.3, 0.4) is 0 Å². The summed E-state index contributed by atoms with van der Waals surface area (Å²) >= 11 is 0. The topological polar surface area (TPSA) is 57.6 Å². The molecule has 0 bridgehead atoms. The highest BCUT2D eigenvalue weighted by Gasteiger charge is 2.35. The van der Waals surface area contributed by atoms with Crippen LogP contribution in [-0.4, -0.2) is 28.4 Å². The second-order valence-electron chi connectivity index (χ2n) is 6.44. The number of halogens is 1. The number of amides is 1. The molecule has 2 unspecified atom stereocenters. The third-order valence-electron chi connectivity index (χ3n) is 4.74. The molecule has 0 aromatic heterocycles. The van der Waals surface area contributed by atoms with E-state index in [-0.39, 0.29) is 24.1 Å². The van der Waals surface area contributed by atoms with E-state index in [2.05, 4.69) is 0 Å². The zero-order chi connectivity index (χ0) is 18.0. The maximum atomic E-state index is 13.4. The van der Waals surface area contributed by atoms with E-state index in [0.717, 1.165) is 11.1 Å². The molecule has 2 atom stereocenters. The summed E-state index contributed by atoms with van der Waals surface area (Å²) in [6.45, 7) is 2.23. The first kappa shape index (κ1) is 17.1. The Morgan fingerprint density at radius 2 is 2.00 bits per heavy atom. The molecule has 1 aliphatic heterocycles. The summed E-state index contributed by atoms with van der Waals surface area (Å²) in [4.78, 5) is 26.0. The number of hydrogen-bond donors (Lipinski definition) is 1. The molecule has 2 aromatic carbocycles. The molecule has 0 saturated carbocycles. The van der Waals surface area contributed by atoms with Gasteiger partial charge in [0, 0.05) is 13.0 Å². The summed E-state index contributed by atoms with van der Waals surface area (Å²) in [5, 5.41) is 9.65. The third-order valence-corrected chi connectivity index (χ3v) is 4.74. The number of carbonyl (C=O) groups excluding carboxylic acids is 1. The van der Waals surface area contributed by atoms with Crippen molar-refractivity contribution in [3.05, 3.63) is 71.0 Å². The Morgan fingerprint density at radius 1 is 1.24 bits per heavy atom. The second-order valence-corrected chi connectivity index (χ2v) is 6.44. The van der Waals surface area contributed by atoms with E-state index in [1.807, 2.05) is 19.1 Å². The number of hydrogen-bond acceptors (Lipinski definition) is 2. The van der Waals surface area contributed by atoms with Gasteiger partial charge >= 0.3 is 5.97 Å². The predicted molar refractivity (Wildman–Crippen MR) is 91.7 cm³/mol. The van der Waals surface area contributed by atoms with Gasteiger partial charge in [-0.25, -0.2) is 9.18 Å². The van der Waals surface area contributed by atoms with Crippen LogP contribution in [0.1, 0.15) is 42.0 Å². The summed E-state index contributed by atoms with van der Waals surface area (Å²) in [6.07, 6.45) is 0.787. The van der Waals surface area contributed by atoms with Crippen LogP contribution in [0.25, 0.3) is 0 Å². The van der Waals surface area contributed by atoms with Gasteiger partial charge in [0.15, 0.2) is 6.04 Å². The van der Waals surface area contributed by atoms with Crippen LogP contribution < -0.4 is 0 Å². The standard InChI is InChI=1S/C20H20FNO3/c1-13(15-6-4-7-16(21)12-15)11-18(23)22-10-9-14-5-2-3-8-17(14)19(22)20(24)25/h2-8,12-13,19H,9-11H2,1H3,(H,24,25). The summed E-state index contributed by atoms with van der Waals surface area (Å²) in [6, 6.07) is 12.5. The van der Waals surface area contributed by atoms with Gasteiger partial charge in [-0.1, -0.05) is 43.3 Å². The second kappa shape index (κ2) is 7.05. The van der Waals surface area contributed by atoms with Gasteiger partial charge in [-0.15, -0.1) is 0 Å². The van der Waals surface area contributed by atoms with E-state index in [4.69, 9.17) is 0 Å². The summed E-state index contributed by atoms with van der Waals surface area (Å²) in [5.41, 5.74) is 2.38. The van der Waals surface area contributed by atoms with Crippen molar-refractivity contribution >= 4 is 11.9 Å². The van der Waals surface area contributed by atoms with Gasteiger partial charge in [0.2, 0.25) is 5.91 Å². The van der Waals surface area contributed by atoms with Gasteiger partial charge in [-0.3, -0.25) is 4.79 Å². The van der Waals surface area contributed by atoms with Crippen molar-refractivity contribution in [2.75, 3.05) is 6.54 Å². The van der Waals surface area contributed by atoms with Crippen LogP contribution in [0.5, 0.6) is 0 Å². The molecule has 0 spiro atoms.